The highest BCUT2D eigenvalue weighted by Crippen LogP contribution is 2.12. The van der Waals surface area contributed by atoms with Gasteiger partial charge in [0.1, 0.15) is 12.4 Å². The number of halogens is 1. The van der Waals surface area contributed by atoms with Gasteiger partial charge >= 0.3 is 5.97 Å². The van der Waals surface area contributed by atoms with Gasteiger partial charge in [-0.2, -0.15) is 5.26 Å². The van der Waals surface area contributed by atoms with E-state index < -0.39 is 17.9 Å². The number of carbonyl (C=O) groups is 1. The van der Waals surface area contributed by atoms with E-state index in [1.165, 1.54) is 31.2 Å². The summed E-state index contributed by atoms with van der Waals surface area (Å²) in [5.74, 6) is -1.12. The molecule has 0 saturated heterocycles. The number of rotatable bonds is 6. The van der Waals surface area contributed by atoms with E-state index in [9.17, 15) is 9.18 Å². The minimum atomic E-state index is -0.750. The Labute approximate surface area is 111 Å². The van der Waals surface area contributed by atoms with Crippen molar-refractivity contribution in [2.45, 2.75) is 19.6 Å². The molecule has 1 aromatic carbocycles. The zero-order valence-electron chi connectivity index (χ0n) is 10.6. The van der Waals surface area contributed by atoms with Gasteiger partial charge in [0.05, 0.1) is 18.2 Å². The van der Waals surface area contributed by atoms with Crippen LogP contribution in [0.3, 0.4) is 0 Å². The van der Waals surface area contributed by atoms with Gasteiger partial charge in [-0.05, 0) is 25.1 Å². The molecule has 0 fully saturated rings. The van der Waals surface area contributed by atoms with Crippen molar-refractivity contribution in [1.82, 2.24) is 0 Å². The second-order valence-electron chi connectivity index (χ2n) is 3.79. The molecule has 0 saturated carbocycles. The SMILES string of the molecule is C=CCOC(C)C(=O)OCc1cc(C#N)ccc1F. The maximum Gasteiger partial charge on any atom is 0.335 e. The maximum absolute atomic E-state index is 13.4. The van der Waals surface area contributed by atoms with Crippen LogP contribution in [0.25, 0.3) is 0 Å². The number of benzene rings is 1. The Morgan fingerprint density at radius 3 is 3.00 bits per heavy atom. The summed E-state index contributed by atoms with van der Waals surface area (Å²) in [4.78, 5) is 11.5. The van der Waals surface area contributed by atoms with E-state index in [-0.39, 0.29) is 18.8 Å². The second kappa shape index (κ2) is 7.29. The highest BCUT2D eigenvalue weighted by atomic mass is 19.1. The van der Waals surface area contributed by atoms with Gasteiger partial charge in [0, 0.05) is 5.56 Å². The Kier molecular flexibility index (Phi) is 5.71. The van der Waals surface area contributed by atoms with Crippen LogP contribution in [0.5, 0.6) is 0 Å². The molecule has 0 aliphatic heterocycles. The number of hydrogen-bond acceptors (Lipinski definition) is 4. The number of ether oxygens (including phenoxy) is 2. The Morgan fingerprint density at radius 2 is 2.37 bits per heavy atom. The largest absolute Gasteiger partial charge is 0.459 e. The number of nitriles is 1. The summed E-state index contributed by atoms with van der Waals surface area (Å²) < 4.78 is 23.4. The Hall–Kier alpha value is -2.19. The minimum absolute atomic E-state index is 0.156. The van der Waals surface area contributed by atoms with Crippen LogP contribution in [-0.2, 0) is 20.9 Å². The third-order valence-electron chi connectivity index (χ3n) is 2.34. The van der Waals surface area contributed by atoms with E-state index in [1.54, 1.807) is 0 Å². The number of hydrogen-bond donors (Lipinski definition) is 0. The quantitative estimate of drug-likeness (QED) is 0.584. The predicted molar refractivity (Wildman–Crippen MR) is 66.5 cm³/mol. The van der Waals surface area contributed by atoms with E-state index in [1.807, 2.05) is 6.07 Å². The van der Waals surface area contributed by atoms with E-state index >= 15 is 0 Å². The fraction of sp³-hybridized carbons (Fsp3) is 0.286. The number of carbonyl (C=O) groups excluding carboxylic acids is 1. The van der Waals surface area contributed by atoms with Gasteiger partial charge in [0.25, 0.3) is 0 Å². The summed E-state index contributed by atoms with van der Waals surface area (Å²) in [6.45, 7) is 4.99. The van der Waals surface area contributed by atoms with Crippen LogP contribution < -0.4 is 0 Å². The Morgan fingerprint density at radius 1 is 1.63 bits per heavy atom. The second-order valence-corrected chi connectivity index (χ2v) is 3.79. The molecule has 1 rings (SSSR count). The normalized spacial score (nSPS) is 11.4. The van der Waals surface area contributed by atoms with Gasteiger partial charge in [0.2, 0.25) is 0 Å². The van der Waals surface area contributed by atoms with Crippen LogP contribution in [0.2, 0.25) is 0 Å². The molecular formula is C14H14FNO3. The van der Waals surface area contributed by atoms with Gasteiger partial charge in [-0.1, -0.05) is 6.08 Å². The van der Waals surface area contributed by atoms with Crippen LogP contribution >= 0.6 is 0 Å². The van der Waals surface area contributed by atoms with Gasteiger partial charge in [-0.15, -0.1) is 6.58 Å². The Bertz CT molecular complexity index is 508. The minimum Gasteiger partial charge on any atom is -0.459 e. The lowest BCUT2D eigenvalue weighted by Crippen LogP contribution is -2.23. The van der Waals surface area contributed by atoms with E-state index in [2.05, 4.69) is 6.58 Å². The summed E-state index contributed by atoms with van der Waals surface area (Å²) in [6.07, 6.45) is 0.764. The fourth-order valence-corrected chi connectivity index (χ4v) is 1.30. The van der Waals surface area contributed by atoms with E-state index in [0.717, 1.165) is 0 Å². The molecule has 1 unspecified atom stereocenters. The zero-order valence-corrected chi connectivity index (χ0v) is 10.6. The van der Waals surface area contributed by atoms with Crippen molar-refractivity contribution in [3.05, 3.63) is 47.8 Å². The lowest BCUT2D eigenvalue weighted by molar-refractivity contribution is -0.156. The molecule has 19 heavy (non-hydrogen) atoms. The molecule has 100 valence electrons. The predicted octanol–water partition coefficient (Wildman–Crippen LogP) is 2.33. The highest BCUT2D eigenvalue weighted by molar-refractivity contribution is 5.74. The van der Waals surface area contributed by atoms with Gasteiger partial charge in [-0.25, -0.2) is 9.18 Å². The lowest BCUT2D eigenvalue weighted by Gasteiger charge is -2.11. The molecule has 0 aliphatic carbocycles. The average Bonchev–Trinajstić information content (AvgIpc) is 2.43. The van der Waals surface area contributed by atoms with Crippen molar-refractivity contribution in [1.29, 1.82) is 5.26 Å². The van der Waals surface area contributed by atoms with Crippen LogP contribution in [0.4, 0.5) is 4.39 Å². The molecule has 0 aliphatic rings. The molecule has 0 heterocycles. The van der Waals surface area contributed by atoms with Crippen molar-refractivity contribution in [3.63, 3.8) is 0 Å². The van der Waals surface area contributed by atoms with Crippen molar-refractivity contribution in [2.24, 2.45) is 0 Å². The molecule has 0 amide bonds. The number of nitrogens with zero attached hydrogens (tertiary/aromatic N) is 1. The first-order chi connectivity index (χ1) is 9.08. The van der Waals surface area contributed by atoms with Gasteiger partial charge < -0.3 is 9.47 Å². The highest BCUT2D eigenvalue weighted by Gasteiger charge is 2.15. The van der Waals surface area contributed by atoms with Crippen LogP contribution in [0.15, 0.2) is 30.9 Å². The Balaban J connectivity index is 2.59. The van der Waals surface area contributed by atoms with Crippen LogP contribution in [0.1, 0.15) is 18.1 Å². The van der Waals surface area contributed by atoms with Crippen molar-refractivity contribution < 1.29 is 18.7 Å². The third-order valence-corrected chi connectivity index (χ3v) is 2.34. The van der Waals surface area contributed by atoms with Crippen molar-refractivity contribution in [3.8, 4) is 6.07 Å². The molecule has 1 atom stereocenters. The molecule has 0 radical (unpaired) electrons. The molecule has 4 nitrogen and oxygen atoms in total. The van der Waals surface area contributed by atoms with Crippen LogP contribution in [0, 0.1) is 17.1 Å². The van der Waals surface area contributed by atoms with E-state index in [4.69, 9.17) is 14.7 Å². The summed E-state index contributed by atoms with van der Waals surface area (Å²) in [7, 11) is 0. The summed E-state index contributed by atoms with van der Waals surface area (Å²) in [6, 6.07) is 5.76. The third kappa shape index (κ3) is 4.53. The summed E-state index contributed by atoms with van der Waals surface area (Å²) in [5, 5.41) is 8.71. The molecule has 0 spiro atoms. The molecular weight excluding hydrogens is 249 g/mol. The summed E-state index contributed by atoms with van der Waals surface area (Å²) >= 11 is 0. The van der Waals surface area contributed by atoms with Gasteiger partial charge in [0.15, 0.2) is 6.10 Å². The first-order valence-electron chi connectivity index (χ1n) is 5.66. The van der Waals surface area contributed by atoms with Crippen molar-refractivity contribution >= 4 is 5.97 Å². The fourth-order valence-electron chi connectivity index (χ4n) is 1.30. The molecule has 5 heteroatoms. The first kappa shape index (κ1) is 14.9. The smallest absolute Gasteiger partial charge is 0.335 e. The maximum atomic E-state index is 13.4. The zero-order chi connectivity index (χ0) is 14.3. The molecule has 0 aromatic heterocycles. The molecule has 0 N–H and O–H groups in total. The molecule has 0 bridgehead atoms. The first-order valence-corrected chi connectivity index (χ1v) is 5.66. The number of esters is 1. The van der Waals surface area contributed by atoms with E-state index in [0.29, 0.717) is 5.56 Å². The topological polar surface area (TPSA) is 59.3 Å². The van der Waals surface area contributed by atoms with Crippen molar-refractivity contribution in [2.75, 3.05) is 6.61 Å². The molecule has 1 aromatic rings. The monoisotopic (exact) mass is 263 g/mol. The standard InChI is InChI=1S/C14H14FNO3/c1-3-6-18-10(2)14(17)19-9-12-7-11(8-16)4-5-13(12)15/h3-5,7,10H,1,6,9H2,2H3. The summed E-state index contributed by atoms with van der Waals surface area (Å²) in [5.41, 5.74) is 0.465. The lowest BCUT2D eigenvalue weighted by atomic mass is 10.1. The average molecular weight is 263 g/mol. The van der Waals surface area contributed by atoms with Gasteiger partial charge in [-0.3, -0.25) is 0 Å². The van der Waals surface area contributed by atoms with Crippen LogP contribution in [-0.4, -0.2) is 18.7 Å².